The Morgan fingerprint density at radius 1 is 0.919 bits per heavy atom. The van der Waals surface area contributed by atoms with Crippen molar-refractivity contribution < 1.29 is 27.9 Å². The molecule has 2 amide bonds. The van der Waals surface area contributed by atoms with Gasteiger partial charge in [-0.05, 0) is 60.7 Å². The lowest BCUT2D eigenvalue weighted by Crippen LogP contribution is -2.29. The van der Waals surface area contributed by atoms with Gasteiger partial charge in [-0.1, -0.05) is 55.8 Å². The number of carboxylic acid groups (broad SMARTS) is 1. The van der Waals surface area contributed by atoms with Gasteiger partial charge in [-0.25, -0.2) is 9.59 Å². The summed E-state index contributed by atoms with van der Waals surface area (Å²) in [4.78, 5) is 24.5. The van der Waals surface area contributed by atoms with Gasteiger partial charge < -0.3 is 21.1 Å². The second-order valence-electron chi connectivity index (χ2n) is 9.35. The Hall–Kier alpha value is -4.01. The number of carbonyl (C=O) groups is 2. The minimum atomic E-state index is -4.37. The molecule has 3 rings (SSSR count). The van der Waals surface area contributed by atoms with Crippen molar-refractivity contribution in [3.8, 4) is 11.1 Å². The molecule has 0 heterocycles. The summed E-state index contributed by atoms with van der Waals surface area (Å²) in [5.74, 6) is -1.12. The summed E-state index contributed by atoms with van der Waals surface area (Å²) in [6.45, 7) is 5.59. The van der Waals surface area contributed by atoms with Gasteiger partial charge in [0.15, 0.2) is 0 Å². The summed E-state index contributed by atoms with van der Waals surface area (Å²) in [6, 6.07) is 16.7. The van der Waals surface area contributed by atoms with E-state index in [2.05, 4.69) is 16.0 Å². The van der Waals surface area contributed by atoms with E-state index in [4.69, 9.17) is 0 Å². The van der Waals surface area contributed by atoms with E-state index in [1.165, 1.54) is 6.07 Å². The molecule has 0 aromatic heterocycles. The fourth-order valence-corrected chi connectivity index (χ4v) is 4.05. The van der Waals surface area contributed by atoms with Crippen molar-refractivity contribution in [3.05, 3.63) is 77.9 Å². The van der Waals surface area contributed by atoms with E-state index in [0.29, 0.717) is 22.5 Å². The third-order valence-corrected chi connectivity index (χ3v) is 5.64. The van der Waals surface area contributed by atoms with Crippen molar-refractivity contribution >= 4 is 29.1 Å². The second kappa shape index (κ2) is 11.8. The Morgan fingerprint density at radius 3 is 2.22 bits per heavy atom. The smallest absolute Gasteiger partial charge is 0.391 e. The minimum absolute atomic E-state index is 0.00260. The van der Waals surface area contributed by atoms with Crippen LogP contribution in [-0.4, -0.2) is 29.3 Å². The van der Waals surface area contributed by atoms with Crippen molar-refractivity contribution in [2.24, 2.45) is 5.92 Å². The van der Waals surface area contributed by atoms with Crippen LogP contribution in [0.5, 0.6) is 0 Å². The molecule has 0 saturated carbocycles. The molecule has 9 heteroatoms. The Balaban J connectivity index is 1.98. The Morgan fingerprint density at radius 2 is 1.59 bits per heavy atom. The molecule has 3 aromatic carbocycles. The minimum Gasteiger partial charge on any atom is -0.478 e. The predicted octanol–water partition coefficient (Wildman–Crippen LogP) is 7.78. The molecule has 37 heavy (non-hydrogen) atoms. The first-order valence-electron chi connectivity index (χ1n) is 11.9. The summed E-state index contributed by atoms with van der Waals surface area (Å²) >= 11 is 0. The third kappa shape index (κ3) is 8.27. The van der Waals surface area contributed by atoms with Gasteiger partial charge in [0.05, 0.1) is 23.4 Å². The van der Waals surface area contributed by atoms with E-state index >= 15 is 0 Å². The number of alkyl halides is 3. The number of benzene rings is 3. The van der Waals surface area contributed by atoms with Crippen molar-refractivity contribution in [2.75, 3.05) is 16.0 Å². The molecular formula is C28H30F3N3O3. The van der Waals surface area contributed by atoms with Gasteiger partial charge in [-0.15, -0.1) is 0 Å². The molecule has 0 aliphatic heterocycles. The van der Waals surface area contributed by atoms with Gasteiger partial charge in [0.25, 0.3) is 0 Å². The first-order chi connectivity index (χ1) is 17.4. The van der Waals surface area contributed by atoms with E-state index in [1.54, 1.807) is 48.5 Å². The number of carbonyl (C=O) groups excluding carboxylic acids is 1. The van der Waals surface area contributed by atoms with Gasteiger partial charge >= 0.3 is 18.2 Å². The molecule has 1 atom stereocenters. The van der Waals surface area contributed by atoms with Crippen LogP contribution < -0.4 is 16.0 Å². The number of nitrogens with one attached hydrogen (secondary N) is 3. The molecule has 6 nitrogen and oxygen atoms in total. The zero-order valence-corrected chi connectivity index (χ0v) is 20.8. The van der Waals surface area contributed by atoms with Crippen LogP contribution in [0.15, 0.2) is 66.7 Å². The van der Waals surface area contributed by atoms with Crippen molar-refractivity contribution in [1.82, 2.24) is 0 Å². The number of amides is 2. The summed E-state index contributed by atoms with van der Waals surface area (Å²) in [6.07, 6.45) is -5.15. The number of rotatable bonds is 9. The first-order valence-corrected chi connectivity index (χ1v) is 11.9. The van der Waals surface area contributed by atoms with Crippen LogP contribution in [0.1, 0.15) is 42.6 Å². The molecular weight excluding hydrogens is 483 g/mol. The number of hydrogen-bond acceptors (Lipinski definition) is 3. The summed E-state index contributed by atoms with van der Waals surface area (Å²) < 4.78 is 39.8. The molecule has 0 fully saturated rings. The fourth-order valence-electron chi connectivity index (χ4n) is 4.05. The molecule has 1 unspecified atom stereocenters. The van der Waals surface area contributed by atoms with E-state index in [-0.39, 0.29) is 23.6 Å². The van der Waals surface area contributed by atoms with E-state index < -0.39 is 30.6 Å². The Labute approximate surface area is 213 Å². The van der Waals surface area contributed by atoms with Crippen LogP contribution in [0.2, 0.25) is 0 Å². The molecule has 0 bridgehead atoms. The average molecular weight is 514 g/mol. The number of anilines is 3. The predicted molar refractivity (Wildman–Crippen MR) is 140 cm³/mol. The average Bonchev–Trinajstić information content (AvgIpc) is 2.80. The molecule has 0 spiro atoms. The standard InChI is InChI=1S/C28H30F3N3O3/c1-17(2)14-21(16-28(29,30)31)32-24-13-10-19(22-6-4-5-7-23(22)26(35)36)15-25(24)34-27(37)33-20-11-8-18(3)9-12-20/h4-13,15,17,21,32H,14,16H2,1-3H3,(H,35,36)(H2,33,34,37). The van der Waals surface area contributed by atoms with Crippen LogP contribution in [0.3, 0.4) is 0 Å². The molecule has 3 aromatic rings. The molecule has 0 aliphatic carbocycles. The SMILES string of the molecule is Cc1ccc(NC(=O)Nc2cc(-c3ccccc3C(=O)O)ccc2NC(CC(C)C)CC(F)(F)F)cc1. The number of hydrogen-bond donors (Lipinski definition) is 4. The van der Waals surface area contributed by atoms with Crippen molar-refractivity contribution in [3.63, 3.8) is 0 Å². The lowest BCUT2D eigenvalue weighted by molar-refractivity contribution is -0.137. The zero-order valence-electron chi connectivity index (χ0n) is 20.8. The maximum Gasteiger partial charge on any atom is 0.391 e. The van der Waals surface area contributed by atoms with Crippen LogP contribution in [-0.2, 0) is 0 Å². The van der Waals surface area contributed by atoms with Gasteiger partial charge in [0, 0.05) is 11.7 Å². The molecule has 0 aliphatic rings. The lowest BCUT2D eigenvalue weighted by atomic mass is 9.97. The summed E-state index contributed by atoms with van der Waals surface area (Å²) in [5, 5.41) is 18.0. The highest BCUT2D eigenvalue weighted by Crippen LogP contribution is 2.34. The van der Waals surface area contributed by atoms with Crippen molar-refractivity contribution in [2.45, 2.75) is 45.8 Å². The number of carboxylic acids is 1. The number of halogens is 3. The molecule has 0 saturated heterocycles. The van der Waals surface area contributed by atoms with Crippen molar-refractivity contribution in [1.29, 1.82) is 0 Å². The van der Waals surface area contributed by atoms with Gasteiger partial charge in [-0.3, -0.25) is 0 Å². The first kappa shape index (κ1) is 27.6. The van der Waals surface area contributed by atoms with Crippen LogP contribution >= 0.6 is 0 Å². The molecule has 196 valence electrons. The number of urea groups is 1. The monoisotopic (exact) mass is 513 g/mol. The highest BCUT2D eigenvalue weighted by Gasteiger charge is 2.32. The summed E-state index contributed by atoms with van der Waals surface area (Å²) in [7, 11) is 0. The quantitative estimate of drug-likeness (QED) is 0.235. The zero-order chi connectivity index (χ0) is 27.2. The normalized spacial score (nSPS) is 12.2. The van der Waals surface area contributed by atoms with Gasteiger partial charge in [0.1, 0.15) is 0 Å². The lowest BCUT2D eigenvalue weighted by Gasteiger charge is -2.25. The third-order valence-electron chi connectivity index (χ3n) is 5.64. The Kier molecular flexibility index (Phi) is 8.81. The summed E-state index contributed by atoms with van der Waals surface area (Å²) in [5.41, 5.74) is 3.04. The maximum atomic E-state index is 13.3. The molecule has 0 radical (unpaired) electrons. The topological polar surface area (TPSA) is 90.5 Å². The molecule has 4 N–H and O–H groups in total. The van der Waals surface area contributed by atoms with Gasteiger partial charge in [0.2, 0.25) is 0 Å². The van der Waals surface area contributed by atoms with E-state index in [1.807, 2.05) is 32.9 Å². The Bertz CT molecular complexity index is 1240. The number of aryl methyl sites for hydroxylation is 1. The maximum absolute atomic E-state index is 13.3. The number of aromatic carboxylic acids is 1. The van der Waals surface area contributed by atoms with Crippen LogP contribution in [0.25, 0.3) is 11.1 Å². The van der Waals surface area contributed by atoms with Crippen LogP contribution in [0.4, 0.5) is 35.0 Å². The largest absolute Gasteiger partial charge is 0.478 e. The van der Waals surface area contributed by atoms with Gasteiger partial charge in [-0.2, -0.15) is 13.2 Å². The highest BCUT2D eigenvalue weighted by atomic mass is 19.4. The van der Waals surface area contributed by atoms with E-state index in [0.717, 1.165) is 5.56 Å². The van der Waals surface area contributed by atoms with E-state index in [9.17, 15) is 27.9 Å². The van der Waals surface area contributed by atoms with Crippen LogP contribution in [0, 0.1) is 12.8 Å². The second-order valence-corrected chi connectivity index (χ2v) is 9.35. The highest BCUT2D eigenvalue weighted by molar-refractivity contribution is 6.03. The fraction of sp³-hybridized carbons (Fsp3) is 0.286.